The molecule has 4 N–H and O–H groups in total. The first kappa shape index (κ1) is 8.80. The SMILES string of the molecule is CCCc1c(N)n[nH]c1-c1ccn[nH]1. The smallest absolute Gasteiger partial charge is 0.149 e. The Hall–Kier alpha value is -1.78. The predicted molar refractivity (Wildman–Crippen MR) is 54.6 cm³/mol. The molecule has 0 saturated carbocycles. The quantitative estimate of drug-likeness (QED) is 0.684. The van der Waals surface area contributed by atoms with Gasteiger partial charge in [0.1, 0.15) is 5.82 Å². The van der Waals surface area contributed by atoms with E-state index in [0.29, 0.717) is 5.82 Å². The molecule has 0 radical (unpaired) electrons. The number of anilines is 1. The summed E-state index contributed by atoms with van der Waals surface area (Å²) in [4.78, 5) is 0. The molecule has 0 aliphatic rings. The summed E-state index contributed by atoms with van der Waals surface area (Å²) < 4.78 is 0. The van der Waals surface area contributed by atoms with Gasteiger partial charge >= 0.3 is 0 Å². The van der Waals surface area contributed by atoms with Crippen LogP contribution in [0.4, 0.5) is 5.82 Å². The third kappa shape index (κ3) is 1.37. The van der Waals surface area contributed by atoms with Gasteiger partial charge in [0.15, 0.2) is 0 Å². The zero-order chi connectivity index (χ0) is 9.97. The van der Waals surface area contributed by atoms with Crippen LogP contribution in [0.25, 0.3) is 11.4 Å². The Kier molecular flexibility index (Phi) is 2.22. The highest BCUT2D eigenvalue weighted by atomic mass is 15.2. The molecular formula is C9H13N5. The van der Waals surface area contributed by atoms with Crippen molar-refractivity contribution in [2.45, 2.75) is 19.8 Å². The first-order valence-electron chi connectivity index (χ1n) is 4.65. The minimum absolute atomic E-state index is 0.580. The van der Waals surface area contributed by atoms with Crippen molar-refractivity contribution in [3.8, 4) is 11.4 Å². The highest BCUT2D eigenvalue weighted by Gasteiger charge is 2.12. The second-order valence-corrected chi connectivity index (χ2v) is 3.18. The van der Waals surface area contributed by atoms with E-state index in [9.17, 15) is 0 Å². The zero-order valence-electron chi connectivity index (χ0n) is 8.04. The zero-order valence-corrected chi connectivity index (χ0v) is 8.04. The monoisotopic (exact) mass is 191 g/mol. The van der Waals surface area contributed by atoms with Crippen molar-refractivity contribution >= 4 is 5.82 Å². The maximum atomic E-state index is 5.76. The Labute approximate surface area is 81.7 Å². The Bertz CT molecular complexity index is 401. The van der Waals surface area contributed by atoms with Crippen LogP contribution < -0.4 is 5.73 Å². The molecule has 2 aromatic heterocycles. The van der Waals surface area contributed by atoms with Gasteiger partial charge in [0.2, 0.25) is 0 Å². The average molecular weight is 191 g/mol. The molecule has 0 aliphatic heterocycles. The molecule has 0 amide bonds. The van der Waals surface area contributed by atoms with Crippen LogP contribution in [0.1, 0.15) is 18.9 Å². The van der Waals surface area contributed by atoms with E-state index < -0.39 is 0 Å². The van der Waals surface area contributed by atoms with E-state index in [1.54, 1.807) is 6.20 Å². The van der Waals surface area contributed by atoms with Crippen LogP contribution in [0.15, 0.2) is 12.3 Å². The largest absolute Gasteiger partial charge is 0.382 e. The van der Waals surface area contributed by atoms with E-state index in [-0.39, 0.29) is 0 Å². The van der Waals surface area contributed by atoms with Crippen LogP contribution in [0.3, 0.4) is 0 Å². The molecule has 0 spiro atoms. The van der Waals surface area contributed by atoms with Crippen molar-refractivity contribution < 1.29 is 0 Å². The Morgan fingerprint density at radius 3 is 2.93 bits per heavy atom. The van der Waals surface area contributed by atoms with E-state index in [1.165, 1.54) is 0 Å². The molecule has 2 rings (SSSR count). The number of rotatable bonds is 3. The van der Waals surface area contributed by atoms with Gasteiger partial charge in [-0.3, -0.25) is 10.2 Å². The van der Waals surface area contributed by atoms with Crippen molar-refractivity contribution in [2.75, 3.05) is 5.73 Å². The van der Waals surface area contributed by atoms with Crippen LogP contribution in [-0.4, -0.2) is 20.4 Å². The number of aromatic amines is 2. The Morgan fingerprint density at radius 1 is 1.43 bits per heavy atom. The summed E-state index contributed by atoms with van der Waals surface area (Å²) in [6.07, 6.45) is 3.68. The minimum Gasteiger partial charge on any atom is -0.382 e. The molecule has 2 heterocycles. The molecule has 5 heteroatoms. The van der Waals surface area contributed by atoms with Crippen LogP contribution >= 0.6 is 0 Å². The number of nitrogens with two attached hydrogens (primary N) is 1. The standard InChI is InChI=1S/C9H13N5/c1-2-3-6-8(13-14-9(6)10)7-4-5-11-12-7/h4-5H,2-3H2,1H3,(H,11,12)(H3,10,13,14). The van der Waals surface area contributed by atoms with Crippen LogP contribution in [0.5, 0.6) is 0 Å². The maximum Gasteiger partial charge on any atom is 0.149 e. The summed E-state index contributed by atoms with van der Waals surface area (Å²) in [6.45, 7) is 2.11. The van der Waals surface area contributed by atoms with Crippen molar-refractivity contribution in [3.05, 3.63) is 17.8 Å². The van der Waals surface area contributed by atoms with Gasteiger partial charge in [0.05, 0.1) is 11.4 Å². The van der Waals surface area contributed by atoms with E-state index >= 15 is 0 Å². The predicted octanol–water partition coefficient (Wildman–Crippen LogP) is 1.33. The van der Waals surface area contributed by atoms with Gasteiger partial charge in [0, 0.05) is 11.8 Å². The molecule has 0 atom stereocenters. The third-order valence-corrected chi connectivity index (χ3v) is 2.17. The first-order valence-corrected chi connectivity index (χ1v) is 4.65. The molecule has 0 bridgehead atoms. The number of nitrogens with one attached hydrogen (secondary N) is 2. The van der Waals surface area contributed by atoms with Gasteiger partial charge in [-0.1, -0.05) is 13.3 Å². The summed E-state index contributed by atoms with van der Waals surface area (Å²) in [7, 11) is 0. The van der Waals surface area contributed by atoms with E-state index in [1.807, 2.05) is 6.07 Å². The van der Waals surface area contributed by atoms with Gasteiger partial charge in [-0.2, -0.15) is 10.2 Å². The fourth-order valence-electron chi connectivity index (χ4n) is 1.50. The van der Waals surface area contributed by atoms with Crippen molar-refractivity contribution in [1.82, 2.24) is 20.4 Å². The average Bonchev–Trinajstić information content (AvgIpc) is 2.77. The Balaban J connectivity index is 2.43. The summed E-state index contributed by atoms with van der Waals surface area (Å²) in [5, 5.41) is 13.7. The summed E-state index contributed by atoms with van der Waals surface area (Å²) in [5.41, 5.74) is 8.70. The van der Waals surface area contributed by atoms with Crippen molar-refractivity contribution in [1.29, 1.82) is 0 Å². The lowest BCUT2D eigenvalue weighted by atomic mass is 10.1. The Morgan fingerprint density at radius 2 is 2.29 bits per heavy atom. The molecule has 74 valence electrons. The van der Waals surface area contributed by atoms with Crippen LogP contribution in [0, 0.1) is 0 Å². The highest BCUT2D eigenvalue weighted by molar-refractivity contribution is 5.64. The fraction of sp³-hybridized carbons (Fsp3) is 0.333. The number of hydrogen-bond acceptors (Lipinski definition) is 3. The normalized spacial score (nSPS) is 10.6. The van der Waals surface area contributed by atoms with E-state index in [0.717, 1.165) is 29.8 Å². The van der Waals surface area contributed by atoms with Crippen molar-refractivity contribution in [2.24, 2.45) is 0 Å². The molecule has 14 heavy (non-hydrogen) atoms. The summed E-state index contributed by atoms with van der Waals surface area (Å²) in [5.74, 6) is 0.580. The summed E-state index contributed by atoms with van der Waals surface area (Å²) in [6, 6.07) is 1.89. The molecule has 0 aromatic carbocycles. The molecule has 0 fully saturated rings. The second-order valence-electron chi connectivity index (χ2n) is 3.18. The van der Waals surface area contributed by atoms with Gasteiger partial charge in [-0.05, 0) is 12.5 Å². The van der Waals surface area contributed by atoms with Crippen molar-refractivity contribution in [3.63, 3.8) is 0 Å². The number of nitrogen functional groups attached to an aromatic ring is 1. The molecular weight excluding hydrogens is 178 g/mol. The number of aromatic nitrogens is 4. The second kappa shape index (κ2) is 3.53. The van der Waals surface area contributed by atoms with Gasteiger partial charge < -0.3 is 5.73 Å². The lowest BCUT2D eigenvalue weighted by Gasteiger charge is -1.99. The van der Waals surface area contributed by atoms with Crippen LogP contribution in [0.2, 0.25) is 0 Å². The van der Waals surface area contributed by atoms with Gasteiger partial charge in [-0.15, -0.1) is 0 Å². The lowest BCUT2D eigenvalue weighted by molar-refractivity contribution is 0.925. The number of H-pyrrole nitrogens is 2. The topological polar surface area (TPSA) is 83.4 Å². The van der Waals surface area contributed by atoms with Gasteiger partial charge in [-0.25, -0.2) is 0 Å². The maximum absolute atomic E-state index is 5.76. The van der Waals surface area contributed by atoms with E-state index in [4.69, 9.17) is 5.73 Å². The number of hydrogen-bond donors (Lipinski definition) is 3. The summed E-state index contributed by atoms with van der Waals surface area (Å²) >= 11 is 0. The van der Waals surface area contributed by atoms with Gasteiger partial charge in [0.25, 0.3) is 0 Å². The molecule has 0 saturated heterocycles. The first-order chi connectivity index (χ1) is 6.83. The molecule has 0 unspecified atom stereocenters. The van der Waals surface area contributed by atoms with Crippen LogP contribution in [-0.2, 0) is 6.42 Å². The third-order valence-electron chi connectivity index (χ3n) is 2.17. The molecule has 2 aromatic rings. The molecule has 5 nitrogen and oxygen atoms in total. The minimum atomic E-state index is 0.580. The number of nitrogens with zero attached hydrogens (tertiary/aromatic N) is 2. The lowest BCUT2D eigenvalue weighted by Crippen LogP contribution is -1.92. The van der Waals surface area contributed by atoms with E-state index in [2.05, 4.69) is 27.3 Å². The molecule has 0 aliphatic carbocycles. The fourth-order valence-corrected chi connectivity index (χ4v) is 1.50. The highest BCUT2D eigenvalue weighted by Crippen LogP contribution is 2.24.